The number of carbonyl (C=O) groups excluding carboxylic acids is 4. The number of amides is 1. The number of alkyl carbamates (subject to hydrolysis) is 1. The Kier molecular flexibility index (Phi) is 7.82. The molecular weight excluding hydrogens is 561 g/mol. The molecule has 5 rings (SSSR count). The van der Waals surface area contributed by atoms with Crippen LogP contribution < -0.4 is 24.2 Å². The van der Waals surface area contributed by atoms with Crippen molar-refractivity contribution in [1.29, 1.82) is 0 Å². The lowest BCUT2D eigenvalue weighted by molar-refractivity contribution is -0.675. The first-order valence-corrected chi connectivity index (χ1v) is 14.5. The van der Waals surface area contributed by atoms with E-state index in [0.717, 1.165) is 45.3 Å². The molecule has 2 aromatic rings. The number of benzene rings is 1. The number of anilines is 1. The minimum Gasteiger partial charge on any atom is -0.610 e. The van der Waals surface area contributed by atoms with Crippen LogP contribution in [0.4, 0.5) is 10.5 Å². The molecule has 0 bridgehead atoms. The zero-order chi connectivity index (χ0) is 31.3. The van der Waals surface area contributed by atoms with E-state index in [9.17, 15) is 19.2 Å². The summed E-state index contributed by atoms with van der Waals surface area (Å²) in [5.74, 6) is -1.74. The molecule has 0 spiro atoms. The second kappa shape index (κ2) is 11.1. The van der Waals surface area contributed by atoms with Gasteiger partial charge in [-0.2, -0.15) is 4.57 Å². The summed E-state index contributed by atoms with van der Waals surface area (Å²) in [7, 11) is 1.57. The predicted octanol–water partition coefficient (Wildman–Crippen LogP) is 3.32. The van der Waals surface area contributed by atoms with E-state index in [-0.39, 0.29) is 29.3 Å². The number of fused-ring (bicyclic) bond motifs is 3. The molecule has 2 atom stereocenters. The second-order valence-corrected chi connectivity index (χ2v) is 12.4. The molecule has 43 heavy (non-hydrogen) atoms. The van der Waals surface area contributed by atoms with Crippen LogP contribution in [-0.4, -0.2) is 62.8 Å². The lowest BCUT2D eigenvalue weighted by atomic mass is 9.94. The molecule has 1 amide bonds. The Balaban J connectivity index is 1.58. The minimum atomic E-state index is -3.54. The van der Waals surface area contributed by atoms with E-state index in [1.165, 1.54) is 0 Å². The standard InChI is InChI=1S/C29H38BN3O10/c1-16-12-19(31-28(37)39-29(4,5)6)14-32(13-16)23-11-10-21-24(26(23)38-7)33(20-8-9-20)15-22-25(21)42-30(40-17(2)34,41-18(3)35)43-27(22)36/h10-11,15-16,19-20H,8-9,12-14H2,1-7H3,(H,31,37)/t16-,19-/m0/s1. The van der Waals surface area contributed by atoms with E-state index in [0.29, 0.717) is 23.2 Å². The van der Waals surface area contributed by atoms with Gasteiger partial charge in [0.2, 0.25) is 5.75 Å². The highest BCUT2D eigenvalue weighted by Gasteiger charge is 2.52. The van der Waals surface area contributed by atoms with Gasteiger partial charge in [-0.25, -0.2) is 4.79 Å². The van der Waals surface area contributed by atoms with Crippen molar-refractivity contribution < 1.29 is 51.8 Å². The van der Waals surface area contributed by atoms with E-state index in [1.807, 2.05) is 31.4 Å². The van der Waals surface area contributed by atoms with Crippen LogP contribution in [-0.2, 0) is 28.3 Å². The lowest BCUT2D eigenvalue weighted by Crippen LogP contribution is -2.58. The molecule has 0 unspecified atom stereocenters. The molecule has 2 aliphatic heterocycles. The number of carbonyl (C=O) groups is 4. The number of ether oxygens (including phenoxy) is 2. The van der Waals surface area contributed by atoms with Crippen molar-refractivity contribution in [2.75, 3.05) is 25.1 Å². The molecule has 0 radical (unpaired) electrons. The van der Waals surface area contributed by atoms with Gasteiger partial charge in [0.1, 0.15) is 11.4 Å². The van der Waals surface area contributed by atoms with Crippen molar-refractivity contribution in [3.05, 3.63) is 23.9 Å². The van der Waals surface area contributed by atoms with Gasteiger partial charge in [0.15, 0.2) is 17.8 Å². The third kappa shape index (κ3) is 6.42. The highest BCUT2D eigenvalue weighted by molar-refractivity contribution is 6.61. The molecule has 232 valence electrons. The van der Waals surface area contributed by atoms with Crippen LogP contribution in [0.15, 0.2) is 18.3 Å². The number of pyridine rings is 1. The zero-order valence-electron chi connectivity index (χ0n) is 25.6. The smallest absolute Gasteiger partial charge is 0.610 e. The van der Waals surface area contributed by atoms with Crippen LogP contribution in [0.2, 0.25) is 0 Å². The molecule has 1 N–H and O–H groups in total. The number of piperidine rings is 1. The van der Waals surface area contributed by atoms with E-state index in [1.54, 1.807) is 19.4 Å². The molecule has 3 aliphatic rings. The van der Waals surface area contributed by atoms with Crippen LogP contribution in [0.25, 0.3) is 10.9 Å². The number of methoxy groups -OCH3 is 1. The van der Waals surface area contributed by atoms with Gasteiger partial charge in [-0.1, -0.05) is 6.92 Å². The molecule has 1 aromatic carbocycles. The van der Waals surface area contributed by atoms with Gasteiger partial charge in [-0.15, -0.1) is 0 Å². The largest absolute Gasteiger partial charge is 0.782 e. The zero-order valence-corrected chi connectivity index (χ0v) is 25.6. The summed E-state index contributed by atoms with van der Waals surface area (Å²) >= 11 is 0. The Hall–Kier alpha value is -4.23. The van der Waals surface area contributed by atoms with Gasteiger partial charge in [-0.3, -0.25) is 14.4 Å². The van der Waals surface area contributed by atoms with Crippen molar-refractivity contribution in [2.24, 2.45) is 5.92 Å². The number of hydrogen-bond acceptors (Lipinski definition) is 11. The SMILES string of the molecule is COc1c(N2C[C@@H](C)C[C@H](NC(=O)OC(C)(C)C)C2)ccc2c3c(c[n+](C4CC4)c12)C(=O)O[B-](OC(C)=O)(OC(C)=O)O3. The molecule has 1 saturated heterocycles. The van der Waals surface area contributed by atoms with E-state index in [2.05, 4.69) is 17.1 Å². The third-order valence-corrected chi connectivity index (χ3v) is 7.35. The average Bonchev–Trinajstić information content (AvgIpc) is 3.70. The van der Waals surface area contributed by atoms with Crippen LogP contribution in [0.5, 0.6) is 11.5 Å². The molecule has 3 heterocycles. The summed E-state index contributed by atoms with van der Waals surface area (Å²) < 4.78 is 35.1. The summed E-state index contributed by atoms with van der Waals surface area (Å²) in [6.45, 7) is 7.46. The maximum absolute atomic E-state index is 13.3. The Morgan fingerprint density at radius 3 is 2.33 bits per heavy atom. The molecular formula is C29H38BN3O10. The fourth-order valence-electron chi connectivity index (χ4n) is 5.79. The second-order valence-electron chi connectivity index (χ2n) is 12.4. The van der Waals surface area contributed by atoms with Gasteiger partial charge in [-0.05, 0) is 45.2 Å². The quantitative estimate of drug-likeness (QED) is 0.386. The Labute approximate surface area is 249 Å². The van der Waals surface area contributed by atoms with E-state index >= 15 is 0 Å². The summed E-state index contributed by atoms with van der Waals surface area (Å²) in [4.78, 5) is 51.8. The number of aromatic nitrogens is 1. The van der Waals surface area contributed by atoms with Crippen molar-refractivity contribution in [2.45, 2.75) is 78.5 Å². The van der Waals surface area contributed by atoms with Crippen LogP contribution >= 0.6 is 0 Å². The minimum absolute atomic E-state index is 0.0481. The number of rotatable bonds is 6. The first-order chi connectivity index (χ1) is 20.2. The highest BCUT2D eigenvalue weighted by atomic mass is 16.9. The topological polar surface area (TPSA) is 143 Å². The summed E-state index contributed by atoms with van der Waals surface area (Å²) in [5, 5.41) is 3.49. The number of nitrogens with zero attached hydrogens (tertiary/aromatic N) is 2. The maximum atomic E-state index is 13.3. The summed E-state index contributed by atoms with van der Waals surface area (Å²) in [6.07, 6.45) is 3.76. The molecule has 1 aromatic heterocycles. The Morgan fingerprint density at radius 1 is 1.07 bits per heavy atom. The summed E-state index contributed by atoms with van der Waals surface area (Å²) in [6, 6.07) is 3.61. The van der Waals surface area contributed by atoms with Gasteiger partial charge in [0, 0.05) is 45.8 Å². The first kappa shape index (κ1) is 30.2. The maximum Gasteiger partial charge on any atom is 0.782 e. The molecule has 14 heteroatoms. The Bertz CT molecular complexity index is 1470. The van der Waals surface area contributed by atoms with Crippen molar-refractivity contribution >= 4 is 47.5 Å². The van der Waals surface area contributed by atoms with Crippen LogP contribution in [0, 0.1) is 5.92 Å². The van der Waals surface area contributed by atoms with E-state index in [4.69, 9.17) is 28.1 Å². The molecule has 2 fully saturated rings. The first-order valence-electron chi connectivity index (χ1n) is 14.5. The third-order valence-electron chi connectivity index (χ3n) is 7.35. The Morgan fingerprint density at radius 2 is 1.74 bits per heavy atom. The monoisotopic (exact) mass is 599 g/mol. The predicted molar refractivity (Wildman–Crippen MR) is 153 cm³/mol. The fraction of sp³-hybridized carbons (Fsp3) is 0.552. The van der Waals surface area contributed by atoms with Gasteiger partial charge < -0.3 is 38.3 Å². The van der Waals surface area contributed by atoms with Crippen molar-refractivity contribution in [3.63, 3.8) is 0 Å². The normalized spacial score (nSPS) is 21.2. The number of nitrogens with one attached hydrogen (secondary N) is 1. The van der Waals surface area contributed by atoms with Crippen LogP contribution in [0.1, 0.15) is 77.2 Å². The van der Waals surface area contributed by atoms with Gasteiger partial charge in [0.05, 0.1) is 18.2 Å². The van der Waals surface area contributed by atoms with Crippen molar-refractivity contribution in [3.8, 4) is 11.5 Å². The summed E-state index contributed by atoms with van der Waals surface area (Å²) in [5.41, 5.74) is 0.932. The highest BCUT2D eigenvalue weighted by Crippen LogP contribution is 2.45. The van der Waals surface area contributed by atoms with Crippen molar-refractivity contribution in [1.82, 2.24) is 5.32 Å². The van der Waals surface area contributed by atoms with E-state index < -0.39 is 36.6 Å². The van der Waals surface area contributed by atoms with Crippen LogP contribution in [0.3, 0.4) is 0 Å². The lowest BCUT2D eigenvalue weighted by Gasteiger charge is -2.41. The molecule has 13 nitrogen and oxygen atoms in total. The molecule has 1 aliphatic carbocycles. The number of hydrogen-bond donors (Lipinski definition) is 1. The molecule has 1 saturated carbocycles. The van der Waals surface area contributed by atoms with Gasteiger partial charge >= 0.3 is 19.0 Å². The average molecular weight is 599 g/mol. The fourth-order valence-corrected chi connectivity index (χ4v) is 5.79. The van der Waals surface area contributed by atoms with Gasteiger partial charge in [0.25, 0.3) is 17.5 Å².